The molecule has 0 unspecified atom stereocenters. The molecule has 2 atom stereocenters. The first-order chi connectivity index (χ1) is 8.88. The number of fused-ring (bicyclic) bond motifs is 1. The Morgan fingerprint density at radius 3 is 3.17 bits per heavy atom. The van der Waals surface area contributed by atoms with Crippen molar-refractivity contribution in [3.63, 3.8) is 0 Å². The highest BCUT2D eigenvalue weighted by Gasteiger charge is 2.30. The van der Waals surface area contributed by atoms with E-state index in [0.29, 0.717) is 5.92 Å². The molecule has 0 spiro atoms. The first kappa shape index (κ1) is 11.5. The smallest absolute Gasteiger partial charge is 0.0432 e. The highest BCUT2D eigenvalue weighted by Crippen LogP contribution is 2.39. The first-order valence-corrected chi connectivity index (χ1v) is 6.71. The minimum absolute atomic E-state index is 0.641. The first-order valence-electron chi connectivity index (χ1n) is 6.71. The number of hydrogen-bond acceptors (Lipinski definition) is 2. The number of hydrogen-bond donors (Lipinski definition) is 1. The molecule has 2 heteroatoms. The number of terminal acetylenes is 1. The van der Waals surface area contributed by atoms with Gasteiger partial charge in [0, 0.05) is 24.5 Å². The number of allylic oxidation sites excluding steroid dienone is 1. The molecule has 0 aromatic carbocycles. The molecule has 2 aliphatic rings. The molecule has 18 heavy (non-hydrogen) atoms. The Bertz CT molecular complexity index is 510. The SMILES string of the molecule is C#Cc1cncc(C2=CCC[C@@H]3CCNC[C@H]23)c1. The monoisotopic (exact) mass is 238 g/mol. The van der Waals surface area contributed by atoms with Crippen molar-refractivity contribution < 1.29 is 0 Å². The van der Waals surface area contributed by atoms with Gasteiger partial charge < -0.3 is 5.32 Å². The third-order valence-electron chi connectivity index (χ3n) is 4.16. The van der Waals surface area contributed by atoms with Crippen LogP contribution in [0.5, 0.6) is 0 Å². The Labute approximate surface area is 109 Å². The highest BCUT2D eigenvalue weighted by atomic mass is 14.9. The van der Waals surface area contributed by atoms with E-state index in [4.69, 9.17) is 6.42 Å². The van der Waals surface area contributed by atoms with Crippen molar-refractivity contribution in [1.82, 2.24) is 10.3 Å². The van der Waals surface area contributed by atoms with Gasteiger partial charge in [-0.25, -0.2) is 0 Å². The Hall–Kier alpha value is -1.59. The molecular weight excluding hydrogens is 220 g/mol. The largest absolute Gasteiger partial charge is 0.316 e. The Morgan fingerprint density at radius 2 is 2.28 bits per heavy atom. The minimum atomic E-state index is 0.641. The predicted octanol–water partition coefficient (Wildman–Crippen LogP) is 2.47. The van der Waals surface area contributed by atoms with Crippen molar-refractivity contribution >= 4 is 5.57 Å². The molecule has 1 aromatic heterocycles. The van der Waals surface area contributed by atoms with E-state index in [9.17, 15) is 0 Å². The summed E-state index contributed by atoms with van der Waals surface area (Å²) in [6.45, 7) is 2.26. The molecule has 1 aromatic rings. The molecule has 1 aliphatic carbocycles. The van der Waals surface area contributed by atoms with E-state index < -0.39 is 0 Å². The summed E-state index contributed by atoms with van der Waals surface area (Å²) < 4.78 is 0. The maximum atomic E-state index is 5.46. The Morgan fingerprint density at radius 1 is 1.33 bits per heavy atom. The second-order valence-corrected chi connectivity index (χ2v) is 5.20. The number of rotatable bonds is 1. The van der Waals surface area contributed by atoms with Crippen LogP contribution in [0.2, 0.25) is 0 Å². The van der Waals surface area contributed by atoms with Gasteiger partial charge in [0.25, 0.3) is 0 Å². The van der Waals surface area contributed by atoms with Crippen molar-refractivity contribution in [3.05, 3.63) is 35.7 Å². The molecule has 1 N–H and O–H groups in total. The fourth-order valence-electron chi connectivity index (χ4n) is 3.24. The van der Waals surface area contributed by atoms with Gasteiger partial charge in [0.05, 0.1) is 0 Å². The molecular formula is C16H18N2. The summed E-state index contributed by atoms with van der Waals surface area (Å²) in [6, 6.07) is 2.09. The number of nitrogens with one attached hydrogen (secondary N) is 1. The second-order valence-electron chi connectivity index (χ2n) is 5.20. The third-order valence-corrected chi connectivity index (χ3v) is 4.16. The van der Waals surface area contributed by atoms with Crippen LogP contribution in [0.4, 0.5) is 0 Å². The zero-order valence-corrected chi connectivity index (χ0v) is 10.5. The van der Waals surface area contributed by atoms with Crippen LogP contribution >= 0.6 is 0 Å². The third kappa shape index (κ3) is 2.07. The van der Waals surface area contributed by atoms with Crippen LogP contribution in [0.15, 0.2) is 24.5 Å². The summed E-state index contributed by atoms with van der Waals surface area (Å²) in [5, 5.41) is 3.51. The van der Waals surface area contributed by atoms with E-state index in [1.165, 1.54) is 30.4 Å². The van der Waals surface area contributed by atoms with Gasteiger partial charge in [0.1, 0.15) is 0 Å². The lowest BCUT2D eigenvalue weighted by Gasteiger charge is -2.37. The van der Waals surface area contributed by atoms with Crippen molar-refractivity contribution in [2.24, 2.45) is 11.8 Å². The van der Waals surface area contributed by atoms with Gasteiger partial charge in [0.15, 0.2) is 0 Å². The summed E-state index contributed by atoms with van der Waals surface area (Å²) in [7, 11) is 0. The topological polar surface area (TPSA) is 24.9 Å². The van der Waals surface area contributed by atoms with E-state index in [-0.39, 0.29) is 0 Å². The van der Waals surface area contributed by atoms with Crippen LogP contribution in [0, 0.1) is 24.2 Å². The summed E-state index contributed by atoms with van der Waals surface area (Å²) >= 11 is 0. The van der Waals surface area contributed by atoms with Gasteiger partial charge in [-0.2, -0.15) is 0 Å². The van der Waals surface area contributed by atoms with E-state index in [0.717, 1.165) is 24.6 Å². The van der Waals surface area contributed by atoms with E-state index >= 15 is 0 Å². The lowest BCUT2D eigenvalue weighted by molar-refractivity contribution is 0.285. The number of nitrogens with zero attached hydrogens (tertiary/aromatic N) is 1. The van der Waals surface area contributed by atoms with Crippen molar-refractivity contribution in [3.8, 4) is 12.3 Å². The lowest BCUT2D eigenvalue weighted by Crippen LogP contribution is -2.38. The van der Waals surface area contributed by atoms with Crippen molar-refractivity contribution in [2.75, 3.05) is 13.1 Å². The van der Waals surface area contributed by atoms with Gasteiger partial charge in [-0.05, 0) is 54.8 Å². The van der Waals surface area contributed by atoms with Gasteiger partial charge >= 0.3 is 0 Å². The number of pyridine rings is 1. The van der Waals surface area contributed by atoms with Gasteiger partial charge in [-0.3, -0.25) is 4.98 Å². The van der Waals surface area contributed by atoms with Gasteiger partial charge in [0.2, 0.25) is 0 Å². The second kappa shape index (κ2) is 4.96. The summed E-state index contributed by atoms with van der Waals surface area (Å²) in [4.78, 5) is 4.26. The molecule has 1 fully saturated rings. The van der Waals surface area contributed by atoms with Crippen molar-refractivity contribution in [2.45, 2.75) is 19.3 Å². The Balaban J connectivity index is 1.94. The molecule has 1 saturated heterocycles. The molecule has 2 nitrogen and oxygen atoms in total. The van der Waals surface area contributed by atoms with E-state index in [1.54, 1.807) is 6.20 Å². The standard InChI is InChI=1S/C16H18N2/c1-2-12-8-14(10-18-9-12)15-5-3-4-13-6-7-17-11-16(13)15/h1,5,8-10,13,16-17H,3-4,6-7,11H2/t13-,16+/m1/s1. The van der Waals surface area contributed by atoms with Crippen LogP contribution in [-0.2, 0) is 0 Å². The molecule has 0 amide bonds. The van der Waals surface area contributed by atoms with Crippen LogP contribution in [0.25, 0.3) is 5.57 Å². The Kier molecular flexibility index (Phi) is 3.17. The van der Waals surface area contributed by atoms with Crippen LogP contribution < -0.4 is 5.32 Å². The lowest BCUT2D eigenvalue weighted by atomic mass is 9.73. The normalized spacial score (nSPS) is 26.9. The quantitative estimate of drug-likeness (QED) is 0.760. The summed E-state index contributed by atoms with van der Waals surface area (Å²) in [5.74, 6) is 4.15. The summed E-state index contributed by atoms with van der Waals surface area (Å²) in [6.07, 6.45) is 15.4. The number of piperidine rings is 1. The van der Waals surface area contributed by atoms with Gasteiger partial charge in [-0.15, -0.1) is 6.42 Å². The van der Waals surface area contributed by atoms with Gasteiger partial charge in [-0.1, -0.05) is 12.0 Å². The van der Waals surface area contributed by atoms with Crippen molar-refractivity contribution in [1.29, 1.82) is 0 Å². The van der Waals surface area contributed by atoms with Crippen LogP contribution in [0.1, 0.15) is 30.4 Å². The molecule has 2 heterocycles. The fraction of sp³-hybridized carbons (Fsp3) is 0.438. The average Bonchev–Trinajstić information content (AvgIpc) is 2.47. The molecule has 1 aliphatic heterocycles. The maximum Gasteiger partial charge on any atom is 0.0432 e. The van der Waals surface area contributed by atoms with E-state index in [2.05, 4.69) is 28.4 Å². The van der Waals surface area contributed by atoms with Crippen LogP contribution in [-0.4, -0.2) is 18.1 Å². The fourth-order valence-corrected chi connectivity index (χ4v) is 3.24. The average molecular weight is 238 g/mol. The zero-order chi connectivity index (χ0) is 12.4. The predicted molar refractivity (Wildman–Crippen MR) is 73.8 cm³/mol. The van der Waals surface area contributed by atoms with Crippen LogP contribution in [0.3, 0.4) is 0 Å². The molecule has 0 saturated carbocycles. The highest BCUT2D eigenvalue weighted by molar-refractivity contribution is 5.69. The maximum absolute atomic E-state index is 5.46. The number of aromatic nitrogens is 1. The molecule has 3 rings (SSSR count). The molecule has 0 radical (unpaired) electrons. The summed E-state index contributed by atoms with van der Waals surface area (Å²) in [5.41, 5.74) is 3.53. The van der Waals surface area contributed by atoms with E-state index in [1.807, 2.05) is 6.20 Å². The minimum Gasteiger partial charge on any atom is -0.316 e. The molecule has 0 bridgehead atoms. The zero-order valence-electron chi connectivity index (χ0n) is 10.5. The molecule has 92 valence electrons.